The summed E-state index contributed by atoms with van der Waals surface area (Å²) in [6.45, 7) is 3.84. The Morgan fingerprint density at radius 2 is 1.89 bits per heavy atom. The van der Waals surface area contributed by atoms with Crippen molar-refractivity contribution in [1.82, 2.24) is 10.6 Å². The van der Waals surface area contributed by atoms with Gasteiger partial charge in [-0.2, -0.15) is 0 Å². The first-order valence-corrected chi connectivity index (χ1v) is 5.70. The van der Waals surface area contributed by atoms with Gasteiger partial charge in [0.05, 0.1) is 13.5 Å². The minimum Gasteiger partial charge on any atom is -0.480 e. The molecule has 7 nitrogen and oxygen atoms in total. The normalized spacial score (nSPS) is 11.8. The molecule has 18 heavy (non-hydrogen) atoms. The molecule has 1 atom stereocenters. The Morgan fingerprint density at radius 3 is 2.33 bits per heavy atom. The van der Waals surface area contributed by atoms with Crippen LogP contribution in [0.1, 0.15) is 26.7 Å². The minimum atomic E-state index is -1.08. The lowest BCUT2D eigenvalue weighted by Gasteiger charge is -2.16. The number of carboxylic acid groups (broad SMARTS) is 1. The van der Waals surface area contributed by atoms with Gasteiger partial charge in [-0.05, 0) is 12.3 Å². The number of rotatable bonds is 7. The van der Waals surface area contributed by atoms with Gasteiger partial charge in [-0.3, -0.25) is 4.79 Å². The Bertz CT molecular complexity index is 304. The van der Waals surface area contributed by atoms with Crippen molar-refractivity contribution >= 4 is 18.0 Å². The number of carbonyl (C=O) groups excluding carboxylic acids is 2. The summed E-state index contributed by atoms with van der Waals surface area (Å²) in [5, 5.41) is 13.6. The van der Waals surface area contributed by atoms with Crippen LogP contribution < -0.4 is 10.6 Å². The van der Waals surface area contributed by atoms with E-state index < -0.39 is 24.0 Å². The average Bonchev–Trinajstić information content (AvgIpc) is 2.27. The summed E-state index contributed by atoms with van der Waals surface area (Å²) in [5.74, 6) is -1.36. The van der Waals surface area contributed by atoms with Crippen molar-refractivity contribution in [3.63, 3.8) is 0 Å². The van der Waals surface area contributed by atoms with Gasteiger partial charge in [0.2, 0.25) is 0 Å². The zero-order chi connectivity index (χ0) is 14.1. The van der Waals surface area contributed by atoms with Crippen LogP contribution in [0.5, 0.6) is 0 Å². The number of carbonyl (C=O) groups is 3. The molecule has 0 heterocycles. The smallest absolute Gasteiger partial charge is 0.326 e. The molecule has 0 saturated carbocycles. The van der Waals surface area contributed by atoms with Crippen LogP contribution in [0.4, 0.5) is 4.79 Å². The molecule has 7 heteroatoms. The fourth-order valence-electron chi connectivity index (χ4n) is 1.28. The van der Waals surface area contributed by atoms with E-state index in [4.69, 9.17) is 5.11 Å². The third-order valence-corrected chi connectivity index (χ3v) is 2.15. The van der Waals surface area contributed by atoms with E-state index in [-0.39, 0.29) is 18.9 Å². The van der Waals surface area contributed by atoms with Crippen LogP contribution in [0.3, 0.4) is 0 Å². The van der Waals surface area contributed by atoms with Crippen LogP contribution in [0.2, 0.25) is 0 Å². The van der Waals surface area contributed by atoms with Gasteiger partial charge in [-0.25, -0.2) is 9.59 Å². The lowest BCUT2D eigenvalue weighted by Crippen LogP contribution is -2.47. The summed E-state index contributed by atoms with van der Waals surface area (Å²) in [7, 11) is 1.26. The molecule has 0 radical (unpaired) electrons. The van der Waals surface area contributed by atoms with E-state index in [1.54, 1.807) is 0 Å². The molecule has 0 aromatic rings. The number of amides is 2. The highest BCUT2D eigenvalue weighted by atomic mass is 16.5. The molecular weight excluding hydrogens is 240 g/mol. The second-order valence-corrected chi connectivity index (χ2v) is 4.25. The number of aliphatic carboxylic acids is 1. The van der Waals surface area contributed by atoms with Crippen molar-refractivity contribution in [1.29, 1.82) is 0 Å². The summed E-state index contributed by atoms with van der Waals surface area (Å²) in [6.07, 6.45) is 0.394. The number of urea groups is 1. The maximum absolute atomic E-state index is 11.4. The second-order valence-electron chi connectivity index (χ2n) is 4.25. The van der Waals surface area contributed by atoms with Gasteiger partial charge in [-0.15, -0.1) is 0 Å². The Morgan fingerprint density at radius 1 is 1.28 bits per heavy atom. The lowest BCUT2D eigenvalue weighted by atomic mass is 10.0. The maximum atomic E-state index is 11.4. The van der Waals surface area contributed by atoms with E-state index in [2.05, 4.69) is 15.4 Å². The molecule has 3 N–H and O–H groups in total. The second kappa shape index (κ2) is 8.32. The number of carboxylic acids is 1. The number of esters is 1. The number of hydrogen-bond acceptors (Lipinski definition) is 4. The maximum Gasteiger partial charge on any atom is 0.326 e. The van der Waals surface area contributed by atoms with Crippen LogP contribution >= 0.6 is 0 Å². The first kappa shape index (κ1) is 16.2. The standard InChI is InChI=1S/C11H20N2O5/c1-7(2)6-8(10(15)16)13-11(17)12-5-4-9(14)18-3/h7-8H,4-6H2,1-3H3,(H,15,16)(H2,12,13,17)/t8-/m0/s1. The van der Waals surface area contributed by atoms with Crippen LogP contribution in [0.15, 0.2) is 0 Å². The van der Waals surface area contributed by atoms with Crippen molar-refractivity contribution in [2.75, 3.05) is 13.7 Å². The molecule has 0 bridgehead atoms. The summed E-state index contributed by atoms with van der Waals surface area (Å²) in [5.41, 5.74) is 0. The zero-order valence-corrected chi connectivity index (χ0v) is 10.9. The van der Waals surface area contributed by atoms with Crippen molar-refractivity contribution in [3.05, 3.63) is 0 Å². The monoisotopic (exact) mass is 260 g/mol. The Kier molecular flexibility index (Phi) is 7.50. The SMILES string of the molecule is COC(=O)CCNC(=O)N[C@@H](CC(C)C)C(=O)O. The van der Waals surface area contributed by atoms with Crippen LogP contribution in [-0.2, 0) is 14.3 Å². The summed E-state index contributed by atoms with van der Waals surface area (Å²) < 4.78 is 4.40. The summed E-state index contributed by atoms with van der Waals surface area (Å²) in [4.78, 5) is 33.0. The number of methoxy groups -OCH3 is 1. The van der Waals surface area contributed by atoms with E-state index in [9.17, 15) is 14.4 Å². The molecule has 0 aliphatic rings. The Labute approximate surface area is 106 Å². The highest BCUT2D eigenvalue weighted by molar-refractivity contribution is 5.82. The van der Waals surface area contributed by atoms with Crippen molar-refractivity contribution in [2.24, 2.45) is 5.92 Å². The Hall–Kier alpha value is -1.79. The third kappa shape index (κ3) is 7.48. The van der Waals surface area contributed by atoms with E-state index >= 15 is 0 Å². The first-order valence-electron chi connectivity index (χ1n) is 5.70. The van der Waals surface area contributed by atoms with Crippen LogP contribution in [0, 0.1) is 5.92 Å². The molecule has 0 spiro atoms. The molecule has 0 fully saturated rings. The molecule has 0 aromatic heterocycles. The van der Waals surface area contributed by atoms with Crippen LogP contribution in [-0.4, -0.2) is 42.8 Å². The largest absolute Gasteiger partial charge is 0.480 e. The number of nitrogens with one attached hydrogen (secondary N) is 2. The lowest BCUT2D eigenvalue weighted by molar-refractivity contribution is -0.141. The molecule has 0 aliphatic carbocycles. The van der Waals surface area contributed by atoms with E-state index in [0.29, 0.717) is 6.42 Å². The molecule has 0 rings (SSSR count). The molecule has 2 amide bonds. The zero-order valence-electron chi connectivity index (χ0n) is 10.9. The first-order chi connectivity index (χ1) is 8.36. The number of ether oxygens (including phenoxy) is 1. The topological polar surface area (TPSA) is 105 Å². The van der Waals surface area contributed by atoms with Gasteiger partial charge in [-0.1, -0.05) is 13.8 Å². The molecule has 0 aromatic carbocycles. The third-order valence-electron chi connectivity index (χ3n) is 2.15. The molecule has 104 valence electrons. The highest BCUT2D eigenvalue weighted by Crippen LogP contribution is 2.04. The molecule has 0 saturated heterocycles. The summed E-state index contributed by atoms with van der Waals surface area (Å²) in [6, 6.07) is -1.53. The van der Waals surface area contributed by atoms with Gasteiger partial charge < -0.3 is 20.5 Å². The van der Waals surface area contributed by atoms with Gasteiger partial charge in [0.25, 0.3) is 0 Å². The van der Waals surface area contributed by atoms with E-state index in [0.717, 1.165) is 0 Å². The fraction of sp³-hybridized carbons (Fsp3) is 0.727. The molecule has 0 aliphatic heterocycles. The van der Waals surface area contributed by atoms with Gasteiger partial charge >= 0.3 is 18.0 Å². The Balaban J connectivity index is 4.03. The minimum absolute atomic E-state index is 0.0475. The predicted octanol–water partition coefficient (Wildman–Crippen LogP) is 0.348. The highest BCUT2D eigenvalue weighted by Gasteiger charge is 2.20. The van der Waals surface area contributed by atoms with Crippen molar-refractivity contribution in [3.8, 4) is 0 Å². The van der Waals surface area contributed by atoms with Gasteiger partial charge in [0, 0.05) is 6.54 Å². The summed E-state index contributed by atoms with van der Waals surface area (Å²) >= 11 is 0. The van der Waals surface area contributed by atoms with E-state index in [1.807, 2.05) is 13.8 Å². The van der Waals surface area contributed by atoms with Gasteiger partial charge in [0.15, 0.2) is 0 Å². The average molecular weight is 260 g/mol. The van der Waals surface area contributed by atoms with Gasteiger partial charge in [0.1, 0.15) is 6.04 Å². The quantitative estimate of drug-likeness (QED) is 0.573. The van der Waals surface area contributed by atoms with Crippen LogP contribution in [0.25, 0.3) is 0 Å². The fourth-order valence-corrected chi connectivity index (χ4v) is 1.28. The molecule has 0 unspecified atom stereocenters. The van der Waals surface area contributed by atoms with E-state index in [1.165, 1.54) is 7.11 Å². The number of hydrogen-bond donors (Lipinski definition) is 3. The van der Waals surface area contributed by atoms with Crippen molar-refractivity contribution < 1.29 is 24.2 Å². The molecular formula is C11H20N2O5. The predicted molar refractivity (Wildman–Crippen MR) is 64.0 cm³/mol. The van der Waals surface area contributed by atoms with Crippen molar-refractivity contribution in [2.45, 2.75) is 32.7 Å².